The number of nitrogens with zero attached hydrogens (tertiary/aromatic N) is 2. The Bertz CT molecular complexity index is 932. The molecule has 2 aromatic heterocycles. The topological polar surface area (TPSA) is 46.4 Å². The van der Waals surface area contributed by atoms with Crippen molar-refractivity contribution in [2.45, 2.75) is 26.2 Å². The molecule has 0 saturated carbocycles. The van der Waals surface area contributed by atoms with E-state index in [0.717, 1.165) is 35.4 Å². The van der Waals surface area contributed by atoms with E-state index in [-0.39, 0.29) is 17.5 Å². The van der Waals surface area contributed by atoms with Crippen LogP contribution in [0.3, 0.4) is 0 Å². The summed E-state index contributed by atoms with van der Waals surface area (Å²) in [5.41, 5.74) is 4.47. The van der Waals surface area contributed by atoms with Crippen molar-refractivity contribution in [2.24, 2.45) is 5.92 Å². The number of amides is 1. The second-order valence-corrected chi connectivity index (χ2v) is 6.35. The third kappa shape index (κ3) is 2.56. The molecule has 2 heterocycles. The van der Waals surface area contributed by atoms with Crippen LogP contribution in [0.2, 0.25) is 0 Å². The van der Waals surface area contributed by atoms with Crippen LogP contribution in [0.5, 0.6) is 0 Å². The van der Waals surface area contributed by atoms with Crippen LogP contribution in [-0.4, -0.2) is 15.3 Å². The van der Waals surface area contributed by atoms with E-state index in [2.05, 4.69) is 20.9 Å². The van der Waals surface area contributed by atoms with E-state index in [4.69, 9.17) is 0 Å². The van der Waals surface area contributed by atoms with Gasteiger partial charge in [0.25, 0.3) is 0 Å². The van der Waals surface area contributed by atoms with Crippen LogP contribution < -0.4 is 5.32 Å². The minimum Gasteiger partial charge on any atom is -0.323 e. The zero-order chi connectivity index (χ0) is 16.7. The highest BCUT2D eigenvalue weighted by molar-refractivity contribution is 5.93. The third-order valence-electron chi connectivity index (χ3n) is 4.62. The number of para-hydroxylation sites is 1. The first kappa shape index (κ1) is 14.9. The summed E-state index contributed by atoms with van der Waals surface area (Å²) in [6.07, 6.45) is 4.18. The van der Waals surface area contributed by atoms with Gasteiger partial charge < -0.3 is 9.72 Å². The zero-order valence-electron chi connectivity index (χ0n) is 13.4. The molecule has 4 rings (SSSR count). The lowest BCUT2D eigenvalue weighted by molar-refractivity contribution is -0.120. The lowest BCUT2D eigenvalue weighted by Crippen LogP contribution is -2.29. The monoisotopic (exact) mass is 323 g/mol. The molecule has 1 atom stereocenters. The zero-order valence-corrected chi connectivity index (χ0v) is 13.4. The van der Waals surface area contributed by atoms with E-state index >= 15 is 0 Å². The summed E-state index contributed by atoms with van der Waals surface area (Å²) in [6, 6.07) is 10.3. The molecule has 1 aliphatic rings. The molecule has 0 bridgehead atoms. The molecular weight excluding hydrogens is 305 g/mol. The number of benzene rings is 1. The Kier molecular flexibility index (Phi) is 3.56. The Hall–Kier alpha value is -2.69. The quantitative estimate of drug-likeness (QED) is 0.784. The summed E-state index contributed by atoms with van der Waals surface area (Å²) in [6.45, 7) is 2.04. The number of fused-ring (bicyclic) bond motifs is 3. The molecular formula is C19H18FN3O. The van der Waals surface area contributed by atoms with Crippen LogP contribution in [0.1, 0.15) is 23.4 Å². The summed E-state index contributed by atoms with van der Waals surface area (Å²) >= 11 is 0. The molecule has 5 heteroatoms. The van der Waals surface area contributed by atoms with Crippen molar-refractivity contribution in [3.05, 3.63) is 65.4 Å². The van der Waals surface area contributed by atoms with Gasteiger partial charge in [-0.3, -0.25) is 4.79 Å². The molecule has 0 radical (unpaired) electrons. The number of aromatic nitrogens is 2. The van der Waals surface area contributed by atoms with Crippen molar-refractivity contribution in [2.75, 3.05) is 5.32 Å². The third-order valence-corrected chi connectivity index (χ3v) is 4.62. The first-order chi connectivity index (χ1) is 11.6. The van der Waals surface area contributed by atoms with Crippen LogP contribution >= 0.6 is 0 Å². The summed E-state index contributed by atoms with van der Waals surface area (Å²) < 4.78 is 15.8. The smallest absolute Gasteiger partial charge is 0.227 e. The highest BCUT2D eigenvalue weighted by Gasteiger charge is 2.28. The molecule has 4 nitrogen and oxygen atoms in total. The highest BCUT2D eigenvalue weighted by atomic mass is 19.1. The molecule has 0 spiro atoms. The average molecular weight is 323 g/mol. The minimum absolute atomic E-state index is 0.131. The normalized spacial score (nSPS) is 16.8. The van der Waals surface area contributed by atoms with Crippen molar-refractivity contribution in [3.63, 3.8) is 0 Å². The van der Waals surface area contributed by atoms with E-state index in [1.165, 1.54) is 6.07 Å². The van der Waals surface area contributed by atoms with Crippen LogP contribution in [0.25, 0.3) is 5.65 Å². The van der Waals surface area contributed by atoms with Gasteiger partial charge in [0.15, 0.2) is 0 Å². The van der Waals surface area contributed by atoms with Gasteiger partial charge in [0.05, 0.1) is 11.4 Å². The number of imidazole rings is 1. The number of carbonyl (C=O) groups excluding carboxylic acids is 1. The van der Waals surface area contributed by atoms with Crippen molar-refractivity contribution in [1.29, 1.82) is 0 Å². The number of anilines is 1. The van der Waals surface area contributed by atoms with E-state index in [1.807, 2.05) is 19.1 Å². The van der Waals surface area contributed by atoms with Crippen molar-refractivity contribution in [1.82, 2.24) is 9.38 Å². The number of aryl methyl sites for hydroxylation is 2. The largest absolute Gasteiger partial charge is 0.323 e. The fourth-order valence-electron chi connectivity index (χ4n) is 3.33. The molecule has 1 N–H and O–H groups in total. The van der Waals surface area contributed by atoms with Gasteiger partial charge in [0.1, 0.15) is 11.5 Å². The lowest BCUT2D eigenvalue weighted by Gasteiger charge is -2.21. The Morgan fingerprint density at radius 2 is 2.12 bits per heavy atom. The second kappa shape index (κ2) is 5.74. The molecule has 1 amide bonds. The lowest BCUT2D eigenvalue weighted by atomic mass is 9.89. The number of hydrogen-bond donors (Lipinski definition) is 1. The number of hydrogen-bond acceptors (Lipinski definition) is 2. The van der Waals surface area contributed by atoms with Crippen LogP contribution in [0.4, 0.5) is 10.1 Å². The van der Waals surface area contributed by atoms with E-state index < -0.39 is 5.82 Å². The van der Waals surface area contributed by atoms with Crippen LogP contribution in [0.15, 0.2) is 42.6 Å². The maximum absolute atomic E-state index is 13.7. The molecule has 1 aromatic carbocycles. The Labute approximate surface area is 139 Å². The summed E-state index contributed by atoms with van der Waals surface area (Å²) in [5, 5.41) is 2.72. The molecule has 122 valence electrons. The molecule has 1 unspecified atom stereocenters. The van der Waals surface area contributed by atoms with E-state index in [9.17, 15) is 9.18 Å². The summed E-state index contributed by atoms with van der Waals surface area (Å²) in [7, 11) is 0. The number of rotatable bonds is 2. The number of nitrogens with one attached hydrogen (secondary N) is 1. The van der Waals surface area contributed by atoms with Gasteiger partial charge in [-0.25, -0.2) is 9.37 Å². The van der Waals surface area contributed by atoms with Gasteiger partial charge in [-0.2, -0.15) is 0 Å². The fourth-order valence-corrected chi connectivity index (χ4v) is 3.33. The summed E-state index contributed by atoms with van der Waals surface area (Å²) in [5.74, 6) is -0.710. The molecule has 0 aliphatic heterocycles. The Morgan fingerprint density at radius 1 is 1.29 bits per heavy atom. The average Bonchev–Trinajstić information content (AvgIpc) is 2.94. The van der Waals surface area contributed by atoms with Gasteiger partial charge in [-0.1, -0.05) is 18.2 Å². The Morgan fingerprint density at radius 3 is 2.96 bits per heavy atom. The van der Waals surface area contributed by atoms with Crippen LogP contribution in [-0.2, 0) is 17.6 Å². The SMILES string of the molecule is Cc1ccc2nc3c(n2c1)CC(C(=O)Nc1ccccc1F)CC3. The van der Waals surface area contributed by atoms with Gasteiger partial charge in [0, 0.05) is 24.2 Å². The minimum atomic E-state index is -0.409. The highest BCUT2D eigenvalue weighted by Crippen LogP contribution is 2.28. The molecule has 1 aliphatic carbocycles. The molecule has 24 heavy (non-hydrogen) atoms. The first-order valence-electron chi connectivity index (χ1n) is 8.13. The van der Waals surface area contributed by atoms with Crippen molar-refractivity contribution in [3.8, 4) is 0 Å². The maximum Gasteiger partial charge on any atom is 0.227 e. The second-order valence-electron chi connectivity index (χ2n) is 6.35. The standard InChI is InChI=1S/C19H18FN3O/c1-12-6-9-18-21-16-8-7-13(10-17(16)23(18)11-12)19(24)22-15-5-3-2-4-14(15)20/h2-6,9,11,13H,7-8,10H2,1H3,(H,22,24). The van der Waals surface area contributed by atoms with Crippen molar-refractivity contribution < 1.29 is 9.18 Å². The number of halogens is 1. The van der Waals surface area contributed by atoms with Gasteiger partial charge >= 0.3 is 0 Å². The van der Waals surface area contributed by atoms with Gasteiger partial charge in [0.2, 0.25) is 5.91 Å². The molecule has 3 aromatic rings. The van der Waals surface area contributed by atoms with Gasteiger partial charge in [-0.05, 0) is 43.5 Å². The first-order valence-corrected chi connectivity index (χ1v) is 8.13. The van der Waals surface area contributed by atoms with E-state index in [1.54, 1.807) is 18.2 Å². The van der Waals surface area contributed by atoms with E-state index in [0.29, 0.717) is 6.42 Å². The number of carbonyl (C=O) groups is 1. The predicted octanol–water partition coefficient (Wildman–Crippen LogP) is 3.53. The van der Waals surface area contributed by atoms with Crippen molar-refractivity contribution >= 4 is 17.2 Å². The summed E-state index contributed by atoms with van der Waals surface area (Å²) in [4.78, 5) is 17.2. The fraction of sp³-hybridized carbons (Fsp3) is 0.263. The molecule has 0 saturated heterocycles. The van der Waals surface area contributed by atoms with Crippen LogP contribution in [0, 0.1) is 18.7 Å². The maximum atomic E-state index is 13.7. The number of pyridine rings is 1. The Balaban J connectivity index is 1.59. The van der Waals surface area contributed by atoms with Gasteiger partial charge in [-0.15, -0.1) is 0 Å². The predicted molar refractivity (Wildman–Crippen MR) is 90.5 cm³/mol. The molecule has 0 fully saturated rings.